The fraction of sp³-hybridized carbons (Fsp3) is 0.571. The maximum atomic E-state index is 12.4. The Morgan fingerprint density at radius 1 is 1.24 bits per heavy atom. The van der Waals surface area contributed by atoms with E-state index in [-0.39, 0.29) is 0 Å². The fourth-order valence-electron chi connectivity index (χ4n) is 2.54. The van der Waals surface area contributed by atoms with Gasteiger partial charge in [0.25, 0.3) is 0 Å². The number of nitrogens with zero attached hydrogens (tertiary/aromatic N) is 2. The molecule has 0 saturated carbocycles. The highest BCUT2D eigenvalue weighted by Crippen LogP contribution is 2.26. The second-order valence-corrected chi connectivity index (χ2v) is 8.01. The molecule has 1 aromatic rings. The Kier molecular flexibility index (Phi) is 5.48. The molecule has 1 unspecified atom stereocenters. The van der Waals surface area contributed by atoms with Gasteiger partial charge in [-0.25, -0.2) is 8.42 Å². The van der Waals surface area contributed by atoms with Crippen LogP contribution in [0.2, 0.25) is 5.02 Å². The van der Waals surface area contributed by atoms with Crippen molar-refractivity contribution in [3.8, 4) is 0 Å². The number of sulfonamides is 1. The number of hydrogen-bond acceptors (Lipinski definition) is 4. The third kappa shape index (κ3) is 3.69. The lowest BCUT2D eigenvalue weighted by Gasteiger charge is -2.36. The van der Waals surface area contributed by atoms with E-state index in [9.17, 15) is 8.42 Å². The minimum atomic E-state index is -3.23. The molecule has 0 spiro atoms. The van der Waals surface area contributed by atoms with Crippen molar-refractivity contribution < 1.29 is 8.42 Å². The molecule has 1 heterocycles. The number of hydrogen-bond donors (Lipinski definition) is 1. The van der Waals surface area contributed by atoms with Crippen molar-refractivity contribution in [2.75, 3.05) is 44.7 Å². The van der Waals surface area contributed by atoms with Crippen molar-refractivity contribution in [1.82, 2.24) is 9.62 Å². The van der Waals surface area contributed by atoms with Crippen LogP contribution in [-0.2, 0) is 10.0 Å². The predicted octanol–water partition coefficient (Wildman–Crippen LogP) is 1.40. The molecule has 5 nitrogen and oxygen atoms in total. The molecule has 0 bridgehead atoms. The van der Waals surface area contributed by atoms with Gasteiger partial charge in [-0.3, -0.25) is 0 Å². The summed E-state index contributed by atoms with van der Waals surface area (Å²) in [4.78, 5) is 2.14. The number of para-hydroxylation sites is 1. The number of anilines is 1. The van der Waals surface area contributed by atoms with Crippen LogP contribution in [0.4, 0.5) is 5.69 Å². The first-order valence-corrected chi connectivity index (χ1v) is 8.98. The summed E-state index contributed by atoms with van der Waals surface area (Å²) in [5, 5.41) is 3.22. The average Bonchev–Trinajstić information content (AvgIpc) is 2.48. The van der Waals surface area contributed by atoms with Gasteiger partial charge in [-0.05, 0) is 26.1 Å². The lowest BCUT2D eigenvalue weighted by molar-refractivity contribution is 0.379. The molecule has 2 rings (SSSR count). The minimum absolute atomic E-state index is 0.408. The fourth-order valence-corrected chi connectivity index (χ4v) is 4.35. The molecule has 0 radical (unpaired) electrons. The molecule has 0 aliphatic carbocycles. The van der Waals surface area contributed by atoms with Crippen LogP contribution in [0.3, 0.4) is 0 Å². The Morgan fingerprint density at radius 3 is 2.43 bits per heavy atom. The molecule has 1 atom stereocenters. The van der Waals surface area contributed by atoms with Crippen LogP contribution >= 0.6 is 11.6 Å². The van der Waals surface area contributed by atoms with Gasteiger partial charge in [0.05, 0.1) is 16.0 Å². The maximum Gasteiger partial charge on any atom is 0.218 e. The molecule has 118 valence electrons. The lowest BCUT2D eigenvalue weighted by Crippen LogP contribution is -2.52. The first kappa shape index (κ1) is 16.5. The molecular formula is C14H22ClN3O2S. The van der Waals surface area contributed by atoms with E-state index in [1.165, 1.54) is 0 Å². The van der Waals surface area contributed by atoms with Crippen molar-refractivity contribution in [2.24, 2.45) is 0 Å². The van der Waals surface area contributed by atoms with Crippen LogP contribution in [0, 0.1) is 0 Å². The van der Waals surface area contributed by atoms with E-state index in [0.29, 0.717) is 37.7 Å². The zero-order valence-electron chi connectivity index (χ0n) is 12.4. The summed E-state index contributed by atoms with van der Waals surface area (Å²) in [6, 6.07) is 7.66. The van der Waals surface area contributed by atoms with E-state index in [1.807, 2.05) is 24.3 Å². The van der Waals surface area contributed by atoms with E-state index in [1.54, 1.807) is 18.3 Å². The van der Waals surface area contributed by atoms with Gasteiger partial charge in [0.1, 0.15) is 0 Å². The highest BCUT2D eigenvalue weighted by Gasteiger charge is 2.31. The van der Waals surface area contributed by atoms with E-state index in [0.717, 1.165) is 5.69 Å². The standard InChI is InChI=1S/C14H22ClN3O2S/c1-12(11-16-2)21(19,20)18-9-7-17(8-10-18)14-6-4-3-5-13(14)15/h3-6,12,16H,7-11H2,1-2H3. The topological polar surface area (TPSA) is 52.7 Å². The Labute approximate surface area is 131 Å². The van der Waals surface area contributed by atoms with Crippen LogP contribution in [0.15, 0.2) is 24.3 Å². The second kappa shape index (κ2) is 6.96. The van der Waals surface area contributed by atoms with E-state index in [4.69, 9.17) is 11.6 Å². The Morgan fingerprint density at radius 2 is 1.86 bits per heavy atom. The molecule has 21 heavy (non-hydrogen) atoms. The van der Waals surface area contributed by atoms with E-state index >= 15 is 0 Å². The van der Waals surface area contributed by atoms with Crippen LogP contribution in [-0.4, -0.2) is 57.7 Å². The number of halogens is 1. The number of rotatable bonds is 5. The molecule has 1 aromatic carbocycles. The smallest absolute Gasteiger partial charge is 0.218 e. The van der Waals surface area contributed by atoms with Crippen LogP contribution < -0.4 is 10.2 Å². The highest BCUT2D eigenvalue weighted by molar-refractivity contribution is 7.89. The first-order chi connectivity index (χ1) is 9.96. The first-order valence-electron chi connectivity index (χ1n) is 7.10. The monoisotopic (exact) mass is 331 g/mol. The maximum absolute atomic E-state index is 12.4. The average molecular weight is 332 g/mol. The number of piperazine rings is 1. The van der Waals surface area contributed by atoms with Crippen LogP contribution in [0.25, 0.3) is 0 Å². The van der Waals surface area contributed by atoms with Gasteiger partial charge < -0.3 is 10.2 Å². The summed E-state index contributed by atoms with van der Waals surface area (Å²) in [5.41, 5.74) is 0.972. The van der Waals surface area contributed by atoms with Crippen LogP contribution in [0.1, 0.15) is 6.92 Å². The summed E-state index contributed by atoms with van der Waals surface area (Å²) in [6.45, 7) is 4.53. The molecule has 0 aromatic heterocycles. The van der Waals surface area contributed by atoms with Gasteiger partial charge >= 0.3 is 0 Å². The summed E-state index contributed by atoms with van der Waals surface area (Å²) in [5.74, 6) is 0. The van der Waals surface area contributed by atoms with E-state index < -0.39 is 15.3 Å². The van der Waals surface area contributed by atoms with Gasteiger partial charge in [0, 0.05) is 32.7 Å². The van der Waals surface area contributed by atoms with Crippen molar-refractivity contribution in [2.45, 2.75) is 12.2 Å². The molecule has 1 aliphatic heterocycles. The molecule has 1 fully saturated rings. The lowest BCUT2D eigenvalue weighted by atomic mass is 10.2. The van der Waals surface area contributed by atoms with Crippen molar-refractivity contribution >= 4 is 27.3 Å². The third-order valence-corrected chi connectivity index (χ3v) is 6.38. The van der Waals surface area contributed by atoms with Gasteiger partial charge in [0.15, 0.2) is 0 Å². The normalized spacial score (nSPS) is 18.7. The summed E-state index contributed by atoms with van der Waals surface area (Å²) in [6.07, 6.45) is 0. The number of nitrogens with one attached hydrogen (secondary N) is 1. The third-order valence-electron chi connectivity index (χ3n) is 3.79. The number of benzene rings is 1. The molecule has 7 heteroatoms. The van der Waals surface area contributed by atoms with Gasteiger partial charge in [-0.15, -0.1) is 0 Å². The molecule has 0 amide bonds. The SMILES string of the molecule is CNCC(C)S(=O)(=O)N1CCN(c2ccccc2Cl)CC1. The Balaban J connectivity index is 2.02. The van der Waals surface area contributed by atoms with Crippen LogP contribution in [0.5, 0.6) is 0 Å². The van der Waals surface area contributed by atoms with Gasteiger partial charge in [-0.1, -0.05) is 23.7 Å². The second-order valence-electron chi connectivity index (χ2n) is 5.25. The zero-order valence-corrected chi connectivity index (χ0v) is 14.0. The van der Waals surface area contributed by atoms with Crippen molar-refractivity contribution in [3.05, 3.63) is 29.3 Å². The van der Waals surface area contributed by atoms with Crippen molar-refractivity contribution in [3.63, 3.8) is 0 Å². The Bertz CT molecular complexity index is 571. The summed E-state index contributed by atoms with van der Waals surface area (Å²) in [7, 11) is -1.46. The van der Waals surface area contributed by atoms with Gasteiger partial charge in [0.2, 0.25) is 10.0 Å². The highest BCUT2D eigenvalue weighted by atomic mass is 35.5. The molecular weight excluding hydrogens is 310 g/mol. The summed E-state index contributed by atoms with van der Waals surface area (Å²) < 4.78 is 26.4. The predicted molar refractivity (Wildman–Crippen MR) is 87.5 cm³/mol. The summed E-state index contributed by atoms with van der Waals surface area (Å²) >= 11 is 6.19. The minimum Gasteiger partial charge on any atom is -0.368 e. The molecule has 1 aliphatic rings. The zero-order chi connectivity index (χ0) is 15.5. The Hall–Kier alpha value is -0.820. The van der Waals surface area contributed by atoms with Gasteiger partial charge in [-0.2, -0.15) is 4.31 Å². The van der Waals surface area contributed by atoms with Crippen molar-refractivity contribution in [1.29, 1.82) is 0 Å². The largest absolute Gasteiger partial charge is 0.368 e. The quantitative estimate of drug-likeness (QED) is 0.886. The van der Waals surface area contributed by atoms with E-state index in [2.05, 4.69) is 10.2 Å². The molecule has 1 saturated heterocycles. The molecule has 1 N–H and O–H groups in total.